The van der Waals surface area contributed by atoms with Crippen molar-refractivity contribution in [2.24, 2.45) is 0 Å². The van der Waals surface area contributed by atoms with Crippen molar-refractivity contribution in [2.75, 3.05) is 18.0 Å². The van der Waals surface area contributed by atoms with Gasteiger partial charge in [0.15, 0.2) is 5.13 Å². The molecule has 2 rings (SSSR count). The van der Waals surface area contributed by atoms with Crippen molar-refractivity contribution >= 4 is 16.5 Å². The molecule has 1 aromatic rings. The molecule has 0 saturated heterocycles. The largest absolute Gasteiger partial charge is 0.346 e. The van der Waals surface area contributed by atoms with Gasteiger partial charge in [-0.1, -0.05) is 13.8 Å². The monoisotopic (exact) mass is 295 g/mol. The highest BCUT2D eigenvalue weighted by molar-refractivity contribution is 7.15. The van der Waals surface area contributed by atoms with Crippen LogP contribution < -0.4 is 10.2 Å². The molecule has 1 N–H and O–H groups in total. The van der Waals surface area contributed by atoms with Gasteiger partial charge in [0, 0.05) is 29.9 Å². The first-order valence-electron chi connectivity index (χ1n) is 8.18. The number of nitrogens with one attached hydrogen (secondary N) is 1. The zero-order valence-electron chi connectivity index (χ0n) is 13.4. The summed E-state index contributed by atoms with van der Waals surface area (Å²) in [6, 6.07) is 0.578. The quantitative estimate of drug-likeness (QED) is 0.694. The predicted molar refractivity (Wildman–Crippen MR) is 88.9 cm³/mol. The average Bonchev–Trinajstić information content (AvgIpc) is 3.22. The maximum atomic E-state index is 5.00. The summed E-state index contributed by atoms with van der Waals surface area (Å²) in [6.07, 6.45) is 5.03. The van der Waals surface area contributed by atoms with Crippen LogP contribution in [0.25, 0.3) is 0 Å². The standard InChI is InChI=1S/C16H29N3S/c1-5-10-17-11-14-15(13-8-9-13)18-16(20-14)19(7-3)12(4)6-2/h12-13,17H,5-11H2,1-4H3. The molecule has 1 aliphatic carbocycles. The molecular weight excluding hydrogens is 266 g/mol. The highest BCUT2D eigenvalue weighted by Gasteiger charge is 2.30. The van der Waals surface area contributed by atoms with Gasteiger partial charge in [-0.25, -0.2) is 4.98 Å². The second-order valence-corrected chi connectivity index (χ2v) is 6.86. The van der Waals surface area contributed by atoms with Crippen molar-refractivity contribution in [1.29, 1.82) is 0 Å². The Morgan fingerprint density at radius 1 is 1.35 bits per heavy atom. The van der Waals surface area contributed by atoms with Crippen LogP contribution in [-0.2, 0) is 6.54 Å². The number of hydrogen-bond donors (Lipinski definition) is 1. The number of hydrogen-bond acceptors (Lipinski definition) is 4. The predicted octanol–water partition coefficient (Wildman–Crippen LogP) is 4.14. The molecule has 0 radical (unpaired) electrons. The molecule has 0 bridgehead atoms. The number of anilines is 1. The maximum absolute atomic E-state index is 5.00. The molecule has 1 unspecified atom stereocenters. The Balaban J connectivity index is 2.14. The van der Waals surface area contributed by atoms with Crippen molar-refractivity contribution in [1.82, 2.24) is 10.3 Å². The molecule has 1 heterocycles. The lowest BCUT2D eigenvalue weighted by Crippen LogP contribution is -2.32. The summed E-state index contributed by atoms with van der Waals surface area (Å²) in [4.78, 5) is 8.92. The van der Waals surface area contributed by atoms with Gasteiger partial charge in [-0.05, 0) is 46.1 Å². The molecular formula is C16H29N3S. The molecule has 1 atom stereocenters. The van der Waals surface area contributed by atoms with E-state index >= 15 is 0 Å². The van der Waals surface area contributed by atoms with Crippen molar-refractivity contribution in [3.8, 4) is 0 Å². The topological polar surface area (TPSA) is 28.2 Å². The first-order valence-corrected chi connectivity index (χ1v) is 8.99. The summed E-state index contributed by atoms with van der Waals surface area (Å²) >= 11 is 1.91. The molecule has 3 nitrogen and oxygen atoms in total. The highest BCUT2D eigenvalue weighted by atomic mass is 32.1. The molecule has 114 valence electrons. The van der Waals surface area contributed by atoms with Gasteiger partial charge >= 0.3 is 0 Å². The second kappa shape index (κ2) is 7.41. The van der Waals surface area contributed by atoms with Gasteiger partial charge in [-0.2, -0.15) is 0 Å². The average molecular weight is 295 g/mol. The fourth-order valence-corrected chi connectivity index (χ4v) is 3.79. The van der Waals surface area contributed by atoms with Crippen LogP contribution in [0.3, 0.4) is 0 Å². The fourth-order valence-electron chi connectivity index (χ4n) is 2.51. The molecule has 0 spiro atoms. The zero-order valence-corrected chi connectivity index (χ0v) is 14.2. The summed E-state index contributed by atoms with van der Waals surface area (Å²) in [5.41, 5.74) is 1.38. The Hall–Kier alpha value is -0.610. The summed E-state index contributed by atoms with van der Waals surface area (Å²) in [5.74, 6) is 0.745. The Morgan fingerprint density at radius 2 is 2.10 bits per heavy atom. The maximum Gasteiger partial charge on any atom is 0.186 e. The van der Waals surface area contributed by atoms with E-state index in [-0.39, 0.29) is 0 Å². The first-order chi connectivity index (χ1) is 9.71. The van der Waals surface area contributed by atoms with E-state index in [2.05, 4.69) is 37.9 Å². The van der Waals surface area contributed by atoms with Gasteiger partial charge < -0.3 is 10.2 Å². The van der Waals surface area contributed by atoms with E-state index in [1.807, 2.05) is 11.3 Å². The van der Waals surface area contributed by atoms with Crippen molar-refractivity contribution in [3.63, 3.8) is 0 Å². The van der Waals surface area contributed by atoms with Crippen LogP contribution in [0.5, 0.6) is 0 Å². The van der Waals surface area contributed by atoms with Crippen molar-refractivity contribution < 1.29 is 0 Å². The number of rotatable bonds is 9. The molecule has 0 aliphatic heterocycles. The van der Waals surface area contributed by atoms with Crippen LogP contribution in [-0.4, -0.2) is 24.1 Å². The first kappa shape index (κ1) is 15.8. The molecule has 4 heteroatoms. The van der Waals surface area contributed by atoms with Gasteiger partial charge in [0.05, 0.1) is 5.69 Å². The Kier molecular flexibility index (Phi) is 5.85. The van der Waals surface area contributed by atoms with Crippen LogP contribution in [0.1, 0.15) is 69.9 Å². The summed E-state index contributed by atoms with van der Waals surface area (Å²) < 4.78 is 0. The fraction of sp³-hybridized carbons (Fsp3) is 0.812. The molecule has 0 amide bonds. The van der Waals surface area contributed by atoms with E-state index in [1.54, 1.807) is 0 Å². The van der Waals surface area contributed by atoms with E-state index in [9.17, 15) is 0 Å². The number of nitrogens with zero attached hydrogens (tertiary/aromatic N) is 2. The van der Waals surface area contributed by atoms with Crippen molar-refractivity contribution in [3.05, 3.63) is 10.6 Å². The second-order valence-electron chi connectivity index (χ2n) is 5.80. The number of aromatic nitrogens is 1. The molecule has 0 aromatic carbocycles. The highest BCUT2D eigenvalue weighted by Crippen LogP contribution is 2.44. The zero-order chi connectivity index (χ0) is 14.5. The van der Waals surface area contributed by atoms with E-state index < -0.39 is 0 Å². The summed E-state index contributed by atoms with van der Waals surface area (Å²) in [5, 5.41) is 4.77. The summed E-state index contributed by atoms with van der Waals surface area (Å²) in [6.45, 7) is 12.2. The third kappa shape index (κ3) is 3.73. The van der Waals surface area contributed by atoms with E-state index in [4.69, 9.17) is 4.98 Å². The SMILES string of the molecule is CCCNCc1sc(N(CC)C(C)CC)nc1C1CC1. The van der Waals surface area contributed by atoms with Gasteiger partial charge in [-0.3, -0.25) is 0 Å². The van der Waals surface area contributed by atoms with Crippen LogP contribution in [0.2, 0.25) is 0 Å². The normalized spacial score (nSPS) is 16.4. The minimum Gasteiger partial charge on any atom is -0.346 e. The molecule has 1 saturated carbocycles. The Morgan fingerprint density at radius 3 is 2.65 bits per heavy atom. The van der Waals surface area contributed by atoms with Gasteiger partial charge in [0.1, 0.15) is 0 Å². The molecule has 1 aromatic heterocycles. The van der Waals surface area contributed by atoms with Crippen LogP contribution in [0.4, 0.5) is 5.13 Å². The lowest BCUT2D eigenvalue weighted by Gasteiger charge is -2.26. The third-order valence-electron chi connectivity index (χ3n) is 4.10. The van der Waals surface area contributed by atoms with Gasteiger partial charge in [-0.15, -0.1) is 11.3 Å². The summed E-state index contributed by atoms with van der Waals surface area (Å²) in [7, 11) is 0. The van der Waals surface area contributed by atoms with Gasteiger partial charge in [0.25, 0.3) is 0 Å². The van der Waals surface area contributed by atoms with E-state index in [0.29, 0.717) is 6.04 Å². The van der Waals surface area contributed by atoms with Crippen LogP contribution in [0.15, 0.2) is 0 Å². The Labute approximate surface area is 127 Å². The lowest BCUT2D eigenvalue weighted by molar-refractivity contribution is 0.627. The molecule has 1 fully saturated rings. The third-order valence-corrected chi connectivity index (χ3v) is 5.21. The van der Waals surface area contributed by atoms with E-state index in [0.717, 1.165) is 25.6 Å². The minimum absolute atomic E-state index is 0.578. The van der Waals surface area contributed by atoms with Crippen molar-refractivity contribution in [2.45, 2.75) is 71.9 Å². The Bertz CT molecular complexity index is 412. The molecule has 1 aliphatic rings. The van der Waals surface area contributed by atoms with Crippen LogP contribution in [0, 0.1) is 0 Å². The lowest BCUT2D eigenvalue weighted by atomic mass is 10.2. The molecule has 20 heavy (non-hydrogen) atoms. The van der Waals surface area contributed by atoms with E-state index in [1.165, 1.54) is 41.4 Å². The number of thiazole rings is 1. The minimum atomic E-state index is 0.578. The smallest absolute Gasteiger partial charge is 0.186 e. The van der Waals surface area contributed by atoms with Crippen LogP contribution >= 0.6 is 11.3 Å². The van der Waals surface area contributed by atoms with Gasteiger partial charge in [0.2, 0.25) is 0 Å².